The van der Waals surface area contributed by atoms with Gasteiger partial charge in [-0.25, -0.2) is 9.97 Å². The van der Waals surface area contributed by atoms with Crippen LogP contribution >= 0.6 is 23.2 Å². The van der Waals surface area contributed by atoms with Crippen molar-refractivity contribution >= 4 is 40.3 Å². The second-order valence-corrected chi connectivity index (χ2v) is 8.14. The fourth-order valence-electron chi connectivity index (χ4n) is 4.05. The van der Waals surface area contributed by atoms with E-state index in [0.29, 0.717) is 45.8 Å². The van der Waals surface area contributed by atoms with Gasteiger partial charge >= 0.3 is 0 Å². The molecule has 2 aliphatic heterocycles. The highest BCUT2D eigenvalue weighted by Gasteiger charge is 2.44. The van der Waals surface area contributed by atoms with Crippen LogP contribution in [-0.2, 0) is 4.74 Å². The number of piperidine rings is 1. The first kappa shape index (κ1) is 17.9. The van der Waals surface area contributed by atoms with E-state index >= 15 is 0 Å². The third kappa shape index (κ3) is 2.87. The summed E-state index contributed by atoms with van der Waals surface area (Å²) in [6.45, 7) is 2.07. The molecule has 0 N–H and O–H groups in total. The summed E-state index contributed by atoms with van der Waals surface area (Å²) in [4.78, 5) is 24.3. The maximum Gasteiger partial charge on any atom is 0.290 e. The summed E-state index contributed by atoms with van der Waals surface area (Å²) in [5.74, 6) is 0.196. The number of carbonyl (C=O) groups is 1. The third-order valence-corrected chi connectivity index (χ3v) is 6.30. The first-order valence-electron chi connectivity index (χ1n) is 9.28. The molecule has 144 valence electrons. The van der Waals surface area contributed by atoms with E-state index in [4.69, 9.17) is 27.9 Å². The van der Waals surface area contributed by atoms with Crippen molar-refractivity contribution in [2.24, 2.45) is 0 Å². The van der Waals surface area contributed by atoms with E-state index in [0.717, 1.165) is 25.9 Å². The van der Waals surface area contributed by atoms with Gasteiger partial charge in [0.05, 0.1) is 34.5 Å². The lowest BCUT2D eigenvalue weighted by Crippen LogP contribution is -2.57. The summed E-state index contributed by atoms with van der Waals surface area (Å²) in [6, 6.07) is 8.90. The van der Waals surface area contributed by atoms with Crippen molar-refractivity contribution in [3.8, 4) is 5.69 Å². The second kappa shape index (κ2) is 6.72. The number of hydrogen-bond donors (Lipinski definition) is 0. The van der Waals surface area contributed by atoms with Crippen LogP contribution in [0.25, 0.3) is 16.9 Å². The van der Waals surface area contributed by atoms with Gasteiger partial charge in [0, 0.05) is 19.2 Å². The molecule has 1 unspecified atom stereocenters. The van der Waals surface area contributed by atoms with E-state index < -0.39 is 0 Å². The molecule has 1 amide bonds. The maximum absolute atomic E-state index is 13.4. The second-order valence-electron chi connectivity index (χ2n) is 7.33. The Bertz CT molecular complexity index is 1080. The Morgan fingerprint density at radius 2 is 2.04 bits per heavy atom. The number of likely N-dealkylation sites (tertiary alicyclic amines) is 1. The van der Waals surface area contributed by atoms with Gasteiger partial charge in [0.1, 0.15) is 5.52 Å². The van der Waals surface area contributed by atoms with Crippen LogP contribution in [0.4, 0.5) is 0 Å². The highest BCUT2D eigenvalue weighted by molar-refractivity contribution is 6.42. The van der Waals surface area contributed by atoms with E-state index in [1.165, 1.54) is 0 Å². The Kier molecular flexibility index (Phi) is 4.30. The van der Waals surface area contributed by atoms with Crippen LogP contribution in [0.5, 0.6) is 0 Å². The largest absolute Gasteiger partial charge is 0.373 e. The minimum atomic E-state index is -0.174. The number of benzene rings is 1. The van der Waals surface area contributed by atoms with Gasteiger partial charge in [0.2, 0.25) is 5.82 Å². The van der Waals surface area contributed by atoms with Crippen molar-refractivity contribution in [1.82, 2.24) is 19.4 Å². The molecule has 1 spiro atoms. The zero-order chi connectivity index (χ0) is 19.3. The number of rotatable bonds is 2. The van der Waals surface area contributed by atoms with Crippen LogP contribution in [-0.4, -0.2) is 50.6 Å². The van der Waals surface area contributed by atoms with Gasteiger partial charge in [-0.1, -0.05) is 23.2 Å². The third-order valence-electron chi connectivity index (χ3n) is 5.56. The van der Waals surface area contributed by atoms with E-state index in [-0.39, 0.29) is 11.5 Å². The van der Waals surface area contributed by atoms with Crippen LogP contribution in [0, 0.1) is 0 Å². The molecule has 0 bridgehead atoms. The van der Waals surface area contributed by atoms with E-state index in [2.05, 4.69) is 9.97 Å². The lowest BCUT2D eigenvalue weighted by atomic mass is 9.86. The van der Waals surface area contributed by atoms with E-state index in [9.17, 15) is 4.79 Å². The van der Waals surface area contributed by atoms with Crippen molar-refractivity contribution in [2.75, 3.05) is 19.7 Å². The first-order valence-corrected chi connectivity index (χ1v) is 10.0. The zero-order valence-electron chi connectivity index (χ0n) is 15.1. The van der Waals surface area contributed by atoms with Crippen molar-refractivity contribution in [3.63, 3.8) is 0 Å². The van der Waals surface area contributed by atoms with Crippen molar-refractivity contribution in [1.29, 1.82) is 0 Å². The normalized spacial score (nSPS) is 21.9. The average Bonchev–Trinajstić information content (AvgIpc) is 3.08. The van der Waals surface area contributed by atoms with E-state index in [1.54, 1.807) is 29.0 Å². The minimum absolute atomic E-state index is 0.126. The van der Waals surface area contributed by atoms with Crippen LogP contribution in [0.1, 0.15) is 29.9 Å². The Morgan fingerprint density at radius 3 is 2.79 bits per heavy atom. The molecule has 2 aliphatic rings. The predicted molar refractivity (Wildman–Crippen MR) is 107 cm³/mol. The Labute approximate surface area is 172 Å². The summed E-state index contributed by atoms with van der Waals surface area (Å²) in [6.07, 6.45) is 4.62. The smallest absolute Gasteiger partial charge is 0.290 e. The number of carbonyl (C=O) groups excluding carboxylic acids is 1. The highest BCUT2D eigenvalue weighted by atomic mass is 35.5. The van der Waals surface area contributed by atoms with Crippen molar-refractivity contribution < 1.29 is 9.53 Å². The molecule has 28 heavy (non-hydrogen) atoms. The van der Waals surface area contributed by atoms with Gasteiger partial charge in [-0.3, -0.25) is 9.36 Å². The van der Waals surface area contributed by atoms with Crippen LogP contribution in [0.15, 0.2) is 36.5 Å². The molecule has 3 aromatic rings. The zero-order valence-corrected chi connectivity index (χ0v) is 16.6. The Hall–Kier alpha value is -2.15. The number of hydrogen-bond acceptors (Lipinski definition) is 4. The van der Waals surface area contributed by atoms with Gasteiger partial charge < -0.3 is 9.64 Å². The summed E-state index contributed by atoms with van der Waals surface area (Å²) < 4.78 is 7.57. The molecule has 2 aromatic heterocycles. The van der Waals surface area contributed by atoms with Crippen LogP contribution < -0.4 is 0 Å². The number of amides is 1. The number of fused-ring (bicyclic) bond motifs is 1. The van der Waals surface area contributed by atoms with Crippen LogP contribution in [0.2, 0.25) is 10.0 Å². The molecule has 5 rings (SSSR count). The van der Waals surface area contributed by atoms with E-state index in [1.807, 2.05) is 17.0 Å². The molecule has 8 heteroatoms. The number of ether oxygens (including phenoxy) is 1. The van der Waals surface area contributed by atoms with Gasteiger partial charge in [-0.2, -0.15) is 0 Å². The number of pyridine rings is 1. The standard InChI is InChI=1S/C20H18Cl2N4O2/c21-14-5-4-13(11-15(14)22)26-17-16(3-1-8-23-17)24-18(26)19(27)25-9-2-6-20(12-25)7-10-28-20/h1,3-5,8,11H,2,6-7,9-10,12H2. The molecule has 2 saturated heterocycles. The minimum Gasteiger partial charge on any atom is -0.373 e. The molecule has 6 nitrogen and oxygen atoms in total. The molecule has 1 aromatic carbocycles. The summed E-state index contributed by atoms with van der Waals surface area (Å²) in [5, 5.41) is 0.867. The molecule has 0 radical (unpaired) electrons. The van der Waals surface area contributed by atoms with Crippen LogP contribution in [0.3, 0.4) is 0 Å². The van der Waals surface area contributed by atoms with Crippen molar-refractivity contribution in [3.05, 3.63) is 52.4 Å². The molecule has 0 aliphatic carbocycles. The lowest BCUT2D eigenvalue weighted by molar-refractivity contribution is -0.171. The van der Waals surface area contributed by atoms with Gasteiger partial charge in [0.25, 0.3) is 5.91 Å². The number of imidazole rings is 1. The Morgan fingerprint density at radius 1 is 1.18 bits per heavy atom. The molecule has 2 fully saturated rings. The van der Waals surface area contributed by atoms with Gasteiger partial charge in [-0.15, -0.1) is 0 Å². The molecule has 1 atom stereocenters. The summed E-state index contributed by atoms with van der Waals surface area (Å²) >= 11 is 12.3. The average molecular weight is 417 g/mol. The fraction of sp³-hybridized carbons (Fsp3) is 0.350. The quantitative estimate of drug-likeness (QED) is 0.630. The summed E-state index contributed by atoms with van der Waals surface area (Å²) in [5.41, 5.74) is 1.79. The monoisotopic (exact) mass is 416 g/mol. The number of halogens is 2. The lowest BCUT2D eigenvalue weighted by Gasteiger charge is -2.48. The van der Waals surface area contributed by atoms with Gasteiger partial charge in [-0.05, 0) is 43.2 Å². The number of nitrogens with zero attached hydrogens (tertiary/aromatic N) is 4. The van der Waals surface area contributed by atoms with Crippen molar-refractivity contribution in [2.45, 2.75) is 24.9 Å². The molecular weight excluding hydrogens is 399 g/mol. The molecule has 0 saturated carbocycles. The topological polar surface area (TPSA) is 60.2 Å². The Balaban J connectivity index is 1.60. The predicted octanol–water partition coefficient (Wildman–Crippen LogP) is 4.12. The maximum atomic E-state index is 13.4. The molecule has 4 heterocycles. The fourth-order valence-corrected chi connectivity index (χ4v) is 4.34. The highest BCUT2D eigenvalue weighted by Crippen LogP contribution is 2.36. The first-order chi connectivity index (χ1) is 13.6. The number of aromatic nitrogens is 3. The molecular formula is C20H18Cl2N4O2. The SMILES string of the molecule is O=C(c1nc2cccnc2n1-c1ccc(Cl)c(Cl)c1)N1CCCC2(CCO2)C1. The summed E-state index contributed by atoms with van der Waals surface area (Å²) in [7, 11) is 0. The van der Waals surface area contributed by atoms with Gasteiger partial charge in [0.15, 0.2) is 5.65 Å².